The first-order chi connectivity index (χ1) is 12.6. The Labute approximate surface area is 162 Å². The van der Waals surface area contributed by atoms with Gasteiger partial charge < -0.3 is 4.84 Å². The molecule has 2 atom stereocenters. The molecule has 1 fully saturated rings. The molecule has 0 heterocycles. The highest BCUT2D eigenvalue weighted by molar-refractivity contribution is 7.90. The van der Waals surface area contributed by atoms with E-state index in [1.807, 2.05) is 0 Å². The Kier molecular flexibility index (Phi) is 6.54. The van der Waals surface area contributed by atoms with Crippen molar-refractivity contribution in [3.05, 3.63) is 28.8 Å². The summed E-state index contributed by atoms with van der Waals surface area (Å²) in [6.45, 7) is 3.70. The van der Waals surface area contributed by atoms with Crippen molar-refractivity contribution >= 4 is 44.5 Å². The van der Waals surface area contributed by atoms with Gasteiger partial charge in [-0.2, -0.15) is 0 Å². The SMILES string of the molecule is CCON=C(C)C1CCC(=O)C(C(=O)c2ccc(S(C)(=O)=O)cc2Cl)C1=O. The van der Waals surface area contributed by atoms with Gasteiger partial charge in [-0.15, -0.1) is 0 Å². The Morgan fingerprint density at radius 1 is 1.33 bits per heavy atom. The smallest absolute Gasteiger partial charge is 0.182 e. The molecule has 7 nitrogen and oxygen atoms in total. The van der Waals surface area contributed by atoms with Crippen molar-refractivity contribution in [2.75, 3.05) is 12.9 Å². The van der Waals surface area contributed by atoms with Gasteiger partial charge in [-0.05, 0) is 38.5 Å². The van der Waals surface area contributed by atoms with Crippen molar-refractivity contribution in [3.8, 4) is 0 Å². The third-order valence-electron chi connectivity index (χ3n) is 4.37. The van der Waals surface area contributed by atoms with Gasteiger partial charge >= 0.3 is 0 Å². The second-order valence-corrected chi connectivity index (χ2v) is 8.74. The van der Waals surface area contributed by atoms with Crippen LogP contribution in [-0.2, 0) is 24.3 Å². The monoisotopic (exact) mass is 413 g/mol. The standard InChI is InChI=1S/C18H20ClNO6S/c1-4-26-20-10(2)12-7-8-15(21)16(17(12)22)18(23)13-6-5-11(9-14(13)19)27(3,24)25/h5-6,9,12,16H,4,7-8H2,1-3H3. The van der Waals surface area contributed by atoms with Crippen LogP contribution in [-0.4, -0.2) is 44.3 Å². The van der Waals surface area contributed by atoms with Gasteiger partial charge in [-0.3, -0.25) is 14.4 Å². The molecule has 1 saturated carbocycles. The number of halogens is 1. The first-order valence-electron chi connectivity index (χ1n) is 8.34. The topological polar surface area (TPSA) is 107 Å². The number of benzene rings is 1. The van der Waals surface area contributed by atoms with Crippen molar-refractivity contribution in [1.82, 2.24) is 0 Å². The lowest BCUT2D eigenvalue weighted by atomic mass is 9.74. The molecule has 0 aromatic heterocycles. The molecule has 0 amide bonds. The number of hydrogen-bond donors (Lipinski definition) is 0. The van der Waals surface area contributed by atoms with Gasteiger partial charge in [0.15, 0.2) is 27.2 Å². The van der Waals surface area contributed by atoms with E-state index >= 15 is 0 Å². The van der Waals surface area contributed by atoms with Crippen LogP contribution in [0.15, 0.2) is 28.3 Å². The van der Waals surface area contributed by atoms with E-state index < -0.39 is 39.0 Å². The van der Waals surface area contributed by atoms with Crippen LogP contribution in [0.1, 0.15) is 37.0 Å². The number of sulfone groups is 1. The van der Waals surface area contributed by atoms with Crippen molar-refractivity contribution in [1.29, 1.82) is 0 Å². The molecule has 9 heteroatoms. The lowest BCUT2D eigenvalue weighted by molar-refractivity contribution is -0.134. The van der Waals surface area contributed by atoms with E-state index in [4.69, 9.17) is 16.4 Å². The van der Waals surface area contributed by atoms with Crippen LogP contribution in [0, 0.1) is 11.8 Å². The third kappa shape index (κ3) is 4.62. The predicted molar refractivity (Wildman–Crippen MR) is 99.9 cm³/mol. The lowest BCUT2D eigenvalue weighted by Crippen LogP contribution is -2.43. The van der Waals surface area contributed by atoms with Gasteiger partial charge in [0.05, 0.1) is 21.5 Å². The summed E-state index contributed by atoms with van der Waals surface area (Å²) in [4.78, 5) is 42.8. The fourth-order valence-corrected chi connectivity index (χ4v) is 3.92. The number of hydrogen-bond acceptors (Lipinski definition) is 7. The van der Waals surface area contributed by atoms with Crippen LogP contribution >= 0.6 is 11.6 Å². The summed E-state index contributed by atoms with van der Waals surface area (Å²) in [5.41, 5.74) is 0.349. The summed E-state index contributed by atoms with van der Waals surface area (Å²) < 4.78 is 23.2. The molecule has 1 aromatic carbocycles. The van der Waals surface area contributed by atoms with Gasteiger partial charge in [-0.1, -0.05) is 16.8 Å². The molecule has 1 aliphatic carbocycles. The fraction of sp³-hybridized carbons (Fsp3) is 0.444. The van der Waals surface area contributed by atoms with Gasteiger partial charge in [0.2, 0.25) is 0 Å². The minimum Gasteiger partial charge on any atom is -0.396 e. The second-order valence-electron chi connectivity index (χ2n) is 6.32. The molecular weight excluding hydrogens is 394 g/mol. The molecule has 1 aliphatic rings. The molecular formula is C18H20ClNO6S. The summed E-state index contributed by atoms with van der Waals surface area (Å²) in [5, 5.41) is 3.72. The number of ketones is 3. The molecule has 2 unspecified atom stereocenters. The highest BCUT2D eigenvalue weighted by Crippen LogP contribution is 2.30. The summed E-state index contributed by atoms with van der Waals surface area (Å²) >= 11 is 6.06. The maximum atomic E-state index is 12.8. The number of rotatable bonds is 6. The van der Waals surface area contributed by atoms with Gasteiger partial charge in [0.25, 0.3) is 0 Å². The first kappa shape index (κ1) is 21.2. The zero-order chi connectivity index (χ0) is 20.4. The Morgan fingerprint density at radius 2 is 2.00 bits per heavy atom. The predicted octanol–water partition coefficient (Wildman–Crippen LogP) is 2.50. The summed E-state index contributed by atoms with van der Waals surface area (Å²) in [5.74, 6) is -3.91. The van der Waals surface area contributed by atoms with E-state index in [9.17, 15) is 22.8 Å². The molecule has 0 spiro atoms. The maximum Gasteiger partial charge on any atom is 0.182 e. The van der Waals surface area contributed by atoms with E-state index in [2.05, 4.69) is 5.16 Å². The second kappa shape index (κ2) is 8.31. The number of carbonyl (C=O) groups is 3. The summed E-state index contributed by atoms with van der Waals surface area (Å²) in [6, 6.07) is 3.60. The highest BCUT2D eigenvalue weighted by atomic mass is 35.5. The van der Waals surface area contributed by atoms with Gasteiger partial charge in [0, 0.05) is 18.2 Å². The van der Waals surface area contributed by atoms with Crippen LogP contribution in [0.3, 0.4) is 0 Å². The van der Waals surface area contributed by atoms with E-state index in [0.717, 1.165) is 12.3 Å². The average molecular weight is 414 g/mol. The fourth-order valence-electron chi connectivity index (χ4n) is 2.94. The zero-order valence-electron chi connectivity index (χ0n) is 15.2. The van der Waals surface area contributed by atoms with Crippen LogP contribution in [0.4, 0.5) is 0 Å². The molecule has 2 rings (SSSR count). The number of oxime groups is 1. The zero-order valence-corrected chi connectivity index (χ0v) is 16.8. The van der Waals surface area contributed by atoms with E-state index in [0.29, 0.717) is 12.3 Å². The lowest BCUT2D eigenvalue weighted by Gasteiger charge is -2.26. The molecule has 27 heavy (non-hydrogen) atoms. The van der Waals surface area contributed by atoms with E-state index in [1.54, 1.807) is 13.8 Å². The number of carbonyl (C=O) groups excluding carboxylic acids is 3. The molecule has 146 valence electrons. The van der Waals surface area contributed by atoms with Crippen molar-refractivity contribution < 1.29 is 27.6 Å². The minimum atomic E-state index is -3.50. The number of nitrogens with zero attached hydrogens (tertiary/aromatic N) is 1. The Balaban J connectivity index is 2.36. The van der Waals surface area contributed by atoms with Crippen LogP contribution in [0.2, 0.25) is 5.02 Å². The van der Waals surface area contributed by atoms with Gasteiger partial charge in [-0.25, -0.2) is 8.42 Å². The molecule has 0 radical (unpaired) electrons. The molecule has 1 aromatic rings. The molecule has 0 saturated heterocycles. The Morgan fingerprint density at radius 3 is 2.56 bits per heavy atom. The van der Waals surface area contributed by atoms with Crippen LogP contribution < -0.4 is 0 Å². The summed E-state index contributed by atoms with van der Waals surface area (Å²) in [7, 11) is -3.50. The third-order valence-corrected chi connectivity index (χ3v) is 5.79. The quantitative estimate of drug-likeness (QED) is 0.307. The first-order valence-corrected chi connectivity index (χ1v) is 10.6. The van der Waals surface area contributed by atoms with E-state index in [1.165, 1.54) is 12.1 Å². The van der Waals surface area contributed by atoms with Gasteiger partial charge in [0.1, 0.15) is 12.5 Å². The van der Waals surface area contributed by atoms with Crippen molar-refractivity contribution in [2.24, 2.45) is 17.0 Å². The van der Waals surface area contributed by atoms with Crippen molar-refractivity contribution in [2.45, 2.75) is 31.6 Å². The normalized spacial score (nSPS) is 21.3. The molecule has 0 aliphatic heterocycles. The maximum absolute atomic E-state index is 12.8. The molecule has 0 N–H and O–H groups in total. The highest BCUT2D eigenvalue weighted by Gasteiger charge is 2.43. The average Bonchev–Trinajstić information content (AvgIpc) is 2.58. The largest absolute Gasteiger partial charge is 0.396 e. The Hall–Kier alpha value is -2.06. The Bertz CT molecular complexity index is 922. The number of Topliss-reactive ketones (excluding diaryl/α,β-unsaturated/α-hetero) is 3. The van der Waals surface area contributed by atoms with Crippen LogP contribution in [0.5, 0.6) is 0 Å². The van der Waals surface area contributed by atoms with Crippen molar-refractivity contribution in [3.63, 3.8) is 0 Å². The van der Waals surface area contributed by atoms with E-state index in [-0.39, 0.29) is 28.3 Å². The van der Waals surface area contributed by atoms with Crippen LogP contribution in [0.25, 0.3) is 0 Å². The molecule has 0 bridgehead atoms. The minimum absolute atomic E-state index is 0.0529. The summed E-state index contributed by atoms with van der Waals surface area (Å²) in [6.07, 6.45) is 1.34.